The predicted octanol–water partition coefficient (Wildman–Crippen LogP) is 2.84. The Hall–Kier alpha value is -0.370. The predicted molar refractivity (Wildman–Crippen MR) is 62.3 cm³/mol. The van der Waals surface area contributed by atoms with Crippen molar-refractivity contribution in [3.63, 3.8) is 0 Å². The third-order valence-corrected chi connectivity index (χ3v) is 4.62. The van der Waals surface area contributed by atoms with Crippen LogP contribution in [0.15, 0.2) is 16.6 Å². The van der Waals surface area contributed by atoms with Gasteiger partial charge in [-0.3, -0.25) is 4.57 Å². The Balaban J connectivity index is 3.04. The molecule has 1 rings (SSSR count). The third-order valence-electron chi connectivity index (χ3n) is 2.74. The van der Waals surface area contributed by atoms with Gasteiger partial charge in [0, 0.05) is 14.2 Å². The number of aliphatic hydroxyl groups excluding tert-OH is 1. The molecule has 0 amide bonds. The molecular weight excluding hydrogens is 227 g/mol. The molecule has 0 aromatic rings. The number of aliphatic hydroxyl groups is 1. The van der Waals surface area contributed by atoms with Crippen molar-refractivity contribution in [3.05, 3.63) is 16.6 Å². The number of hydrogen-bond donors (Lipinski definition) is 1. The molecule has 0 atom stereocenters. The van der Waals surface area contributed by atoms with E-state index in [-0.39, 0.29) is 11.9 Å². The van der Waals surface area contributed by atoms with E-state index in [2.05, 4.69) is 5.73 Å². The van der Waals surface area contributed by atoms with Gasteiger partial charge in [-0.15, -0.1) is 5.73 Å². The molecule has 0 saturated heterocycles. The summed E-state index contributed by atoms with van der Waals surface area (Å²) in [7, 11) is -0.698. The van der Waals surface area contributed by atoms with E-state index in [4.69, 9.17) is 9.05 Å². The summed E-state index contributed by atoms with van der Waals surface area (Å²) >= 11 is 0. The minimum Gasteiger partial charge on any atom is -0.391 e. The van der Waals surface area contributed by atoms with E-state index < -0.39 is 7.60 Å². The second-order valence-corrected chi connectivity index (χ2v) is 6.02. The maximum absolute atomic E-state index is 12.0. The Bertz CT molecular complexity index is 326. The van der Waals surface area contributed by atoms with Crippen molar-refractivity contribution in [2.75, 3.05) is 20.8 Å². The standard InChI is InChI=1S/C11H19O4P/c1-14-16(13,15-2)11(9-12)8-10-6-4-3-5-7-10/h12H,3-7,9H2,1-2H3. The summed E-state index contributed by atoms with van der Waals surface area (Å²) in [6, 6.07) is 0. The van der Waals surface area contributed by atoms with Gasteiger partial charge in [-0.25, -0.2) is 0 Å². The first-order chi connectivity index (χ1) is 7.66. The first-order valence-electron chi connectivity index (χ1n) is 5.46. The van der Waals surface area contributed by atoms with Gasteiger partial charge in [-0.2, -0.15) is 0 Å². The molecule has 0 aromatic heterocycles. The van der Waals surface area contributed by atoms with Crippen molar-refractivity contribution in [2.45, 2.75) is 32.1 Å². The van der Waals surface area contributed by atoms with Crippen LogP contribution in [0.25, 0.3) is 0 Å². The van der Waals surface area contributed by atoms with Crippen molar-refractivity contribution in [1.82, 2.24) is 0 Å². The first-order valence-corrected chi connectivity index (χ1v) is 7.01. The summed E-state index contributed by atoms with van der Waals surface area (Å²) in [6.07, 6.45) is 5.40. The summed E-state index contributed by atoms with van der Waals surface area (Å²) in [6.45, 7) is -0.345. The van der Waals surface area contributed by atoms with Crippen LogP contribution in [0.1, 0.15) is 32.1 Å². The SMILES string of the molecule is COP(=O)(OC)C(=C=C1CCCCC1)CO. The van der Waals surface area contributed by atoms with Gasteiger partial charge in [0.15, 0.2) is 0 Å². The first kappa shape index (κ1) is 13.7. The van der Waals surface area contributed by atoms with Gasteiger partial charge in [0.05, 0.1) is 6.61 Å². The normalized spacial score (nSPS) is 17.1. The second-order valence-electron chi connectivity index (χ2n) is 3.76. The van der Waals surface area contributed by atoms with E-state index in [0.717, 1.165) is 31.3 Å². The zero-order chi connectivity index (χ0) is 12.0. The fraction of sp³-hybridized carbons (Fsp3) is 0.727. The van der Waals surface area contributed by atoms with Crippen molar-refractivity contribution < 1.29 is 18.7 Å². The summed E-state index contributed by atoms with van der Waals surface area (Å²) in [5, 5.41) is 9.44. The minimum atomic E-state index is -3.32. The van der Waals surface area contributed by atoms with Crippen LogP contribution < -0.4 is 0 Å². The largest absolute Gasteiger partial charge is 0.391 e. The van der Waals surface area contributed by atoms with Gasteiger partial charge in [0.25, 0.3) is 0 Å². The Kier molecular flexibility index (Phi) is 5.47. The van der Waals surface area contributed by atoms with Gasteiger partial charge < -0.3 is 14.2 Å². The van der Waals surface area contributed by atoms with Crippen LogP contribution in [0.5, 0.6) is 0 Å². The van der Waals surface area contributed by atoms with Gasteiger partial charge in [-0.1, -0.05) is 6.42 Å². The molecule has 0 aromatic carbocycles. The van der Waals surface area contributed by atoms with Crippen LogP contribution in [-0.4, -0.2) is 25.9 Å². The van der Waals surface area contributed by atoms with Crippen LogP contribution in [-0.2, 0) is 13.6 Å². The van der Waals surface area contributed by atoms with Crippen molar-refractivity contribution in [2.24, 2.45) is 0 Å². The smallest absolute Gasteiger partial charge is 0.366 e. The number of rotatable bonds is 4. The quantitative estimate of drug-likeness (QED) is 0.612. The molecule has 0 aliphatic heterocycles. The summed E-state index contributed by atoms with van der Waals surface area (Å²) in [5.74, 6) is 0. The molecule has 1 fully saturated rings. The lowest BCUT2D eigenvalue weighted by atomic mass is 9.96. The lowest BCUT2D eigenvalue weighted by Gasteiger charge is -2.15. The van der Waals surface area contributed by atoms with E-state index in [1.807, 2.05) is 0 Å². The molecule has 1 aliphatic rings. The summed E-state index contributed by atoms with van der Waals surface area (Å²) < 4.78 is 21.7. The maximum Gasteiger partial charge on any atom is 0.366 e. The van der Waals surface area contributed by atoms with E-state index >= 15 is 0 Å². The highest BCUT2D eigenvalue weighted by atomic mass is 31.2. The average Bonchev–Trinajstić information content (AvgIpc) is 2.36. The van der Waals surface area contributed by atoms with Crippen LogP contribution in [0.4, 0.5) is 0 Å². The highest BCUT2D eigenvalue weighted by Crippen LogP contribution is 2.54. The monoisotopic (exact) mass is 246 g/mol. The molecule has 4 nitrogen and oxygen atoms in total. The van der Waals surface area contributed by atoms with Crippen molar-refractivity contribution in [3.8, 4) is 0 Å². The zero-order valence-corrected chi connectivity index (χ0v) is 10.8. The molecule has 0 radical (unpaired) electrons. The zero-order valence-electron chi connectivity index (χ0n) is 9.86. The molecule has 1 N–H and O–H groups in total. The lowest BCUT2D eigenvalue weighted by Crippen LogP contribution is -1.98. The molecule has 0 heterocycles. The molecular formula is C11H19O4P. The fourth-order valence-corrected chi connectivity index (χ4v) is 2.86. The summed E-state index contributed by atoms with van der Waals surface area (Å²) in [4.78, 5) is 0. The second kappa shape index (κ2) is 6.39. The molecule has 0 spiro atoms. The van der Waals surface area contributed by atoms with E-state index in [1.165, 1.54) is 20.6 Å². The maximum atomic E-state index is 12.0. The molecule has 1 saturated carbocycles. The van der Waals surface area contributed by atoms with Gasteiger partial charge in [0.1, 0.15) is 5.31 Å². The molecule has 5 heteroatoms. The molecule has 0 bridgehead atoms. The van der Waals surface area contributed by atoms with Crippen LogP contribution in [0.3, 0.4) is 0 Å². The topological polar surface area (TPSA) is 55.8 Å². The van der Waals surface area contributed by atoms with Crippen LogP contribution in [0.2, 0.25) is 0 Å². The van der Waals surface area contributed by atoms with E-state index in [9.17, 15) is 9.67 Å². The lowest BCUT2D eigenvalue weighted by molar-refractivity contribution is 0.270. The Morgan fingerprint density at radius 2 is 1.88 bits per heavy atom. The highest BCUT2D eigenvalue weighted by Gasteiger charge is 2.27. The highest BCUT2D eigenvalue weighted by molar-refractivity contribution is 7.58. The van der Waals surface area contributed by atoms with E-state index in [1.54, 1.807) is 0 Å². The Morgan fingerprint density at radius 3 is 2.31 bits per heavy atom. The van der Waals surface area contributed by atoms with Gasteiger partial charge in [0.2, 0.25) is 0 Å². The molecule has 92 valence electrons. The fourth-order valence-electron chi connectivity index (χ4n) is 1.80. The third kappa shape index (κ3) is 3.31. The van der Waals surface area contributed by atoms with Gasteiger partial charge >= 0.3 is 7.60 Å². The minimum absolute atomic E-state index is 0.231. The number of hydrogen-bond acceptors (Lipinski definition) is 4. The van der Waals surface area contributed by atoms with Crippen LogP contribution in [0, 0.1) is 0 Å². The Labute approximate surface area is 96.5 Å². The summed E-state index contributed by atoms with van der Waals surface area (Å²) in [5.41, 5.74) is 4.12. The van der Waals surface area contributed by atoms with Crippen molar-refractivity contribution in [1.29, 1.82) is 0 Å². The van der Waals surface area contributed by atoms with Gasteiger partial charge in [-0.05, 0) is 31.3 Å². The molecule has 16 heavy (non-hydrogen) atoms. The van der Waals surface area contributed by atoms with E-state index in [0.29, 0.717) is 0 Å². The van der Waals surface area contributed by atoms with Crippen molar-refractivity contribution >= 4 is 7.60 Å². The Morgan fingerprint density at radius 1 is 1.31 bits per heavy atom. The van der Waals surface area contributed by atoms with Crippen LogP contribution >= 0.6 is 7.60 Å². The molecule has 1 aliphatic carbocycles. The molecule has 0 unspecified atom stereocenters. The average molecular weight is 246 g/mol.